The van der Waals surface area contributed by atoms with Gasteiger partial charge in [-0.25, -0.2) is 4.98 Å². The van der Waals surface area contributed by atoms with Crippen LogP contribution in [0.4, 0.5) is 0 Å². The summed E-state index contributed by atoms with van der Waals surface area (Å²) in [6.45, 7) is 2.51. The van der Waals surface area contributed by atoms with E-state index in [1.807, 2.05) is 29.2 Å². The van der Waals surface area contributed by atoms with Crippen molar-refractivity contribution < 1.29 is 9.32 Å². The normalized spacial score (nSPS) is 17.7. The predicted molar refractivity (Wildman–Crippen MR) is 87.1 cm³/mol. The summed E-state index contributed by atoms with van der Waals surface area (Å²) in [5, 5.41) is 3.98. The molecule has 7 nitrogen and oxygen atoms in total. The molecule has 4 rings (SSSR count). The molecule has 0 bridgehead atoms. The van der Waals surface area contributed by atoms with Gasteiger partial charge in [0.25, 0.3) is 0 Å². The molecule has 1 N–H and O–H groups in total. The van der Waals surface area contributed by atoms with Crippen molar-refractivity contribution >= 4 is 16.9 Å². The highest BCUT2D eigenvalue weighted by molar-refractivity contribution is 5.78. The Kier molecular flexibility index (Phi) is 3.76. The molecule has 1 aliphatic rings. The zero-order chi connectivity index (χ0) is 16.5. The molecule has 1 fully saturated rings. The lowest BCUT2D eigenvalue weighted by Gasteiger charge is -2.22. The van der Waals surface area contributed by atoms with Crippen LogP contribution in [-0.4, -0.2) is 37.5 Å². The number of para-hydroxylation sites is 2. The first-order valence-electron chi connectivity index (χ1n) is 8.24. The fraction of sp³-hybridized carbons (Fsp3) is 0.412. The Hall–Kier alpha value is -2.70. The molecular weight excluding hydrogens is 306 g/mol. The van der Waals surface area contributed by atoms with Crippen molar-refractivity contribution in [2.75, 3.05) is 6.54 Å². The number of nitrogens with zero attached hydrogens (tertiary/aromatic N) is 4. The maximum absolute atomic E-state index is 12.6. The number of hydrogen-bond donors (Lipinski definition) is 1. The molecule has 1 aromatic carbocycles. The van der Waals surface area contributed by atoms with Gasteiger partial charge in [0.15, 0.2) is 5.82 Å². The molecule has 7 heteroatoms. The van der Waals surface area contributed by atoms with Crippen molar-refractivity contribution in [3.05, 3.63) is 41.8 Å². The third-order valence-electron chi connectivity index (χ3n) is 4.43. The fourth-order valence-corrected chi connectivity index (χ4v) is 3.28. The van der Waals surface area contributed by atoms with E-state index in [1.165, 1.54) is 0 Å². The van der Waals surface area contributed by atoms with Crippen LogP contribution in [0.2, 0.25) is 0 Å². The van der Waals surface area contributed by atoms with Crippen LogP contribution in [0, 0.1) is 6.92 Å². The van der Waals surface area contributed by atoms with Crippen molar-refractivity contribution in [3.63, 3.8) is 0 Å². The van der Waals surface area contributed by atoms with Gasteiger partial charge < -0.3 is 14.4 Å². The largest absolute Gasteiger partial charge is 0.342 e. The van der Waals surface area contributed by atoms with E-state index >= 15 is 0 Å². The van der Waals surface area contributed by atoms with Gasteiger partial charge >= 0.3 is 0 Å². The number of likely N-dealkylation sites (tertiary alicyclic amines) is 1. The van der Waals surface area contributed by atoms with Gasteiger partial charge in [-0.3, -0.25) is 4.79 Å². The van der Waals surface area contributed by atoms with Crippen LogP contribution >= 0.6 is 0 Å². The molecule has 0 aliphatic carbocycles. The van der Waals surface area contributed by atoms with Crippen LogP contribution in [0.25, 0.3) is 11.0 Å². The number of benzene rings is 1. The standard InChI is InChI=1S/C17H19N5O2/c1-11-18-17(21-24-11)14-7-4-10-22(14)16(23)9-8-15-19-12-5-2-3-6-13(12)20-15/h2-3,5-6,14H,4,7-10H2,1H3,(H,19,20)/t14-/m0/s1. The van der Waals surface area contributed by atoms with Crippen molar-refractivity contribution in [3.8, 4) is 0 Å². The molecule has 0 spiro atoms. The summed E-state index contributed by atoms with van der Waals surface area (Å²) in [4.78, 5) is 26.6. The highest BCUT2D eigenvalue weighted by Crippen LogP contribution is 2.30. The van der Waals surface area contributed by atoms with Gasteiger partial charge in [-0.15, -0.1) is 0 Å². The molecule has 2 aromatic heterocycles. The maximum atomic E-state index is 12.6. The Morgan fingerprint density at radius 3 is 3.04 bits per heavy atom. The van der Waals surface area contributed by atoms with Crippen molar-refractivity contribution in [1.82, 2.24) is 25.0 Å². The number of amides is 1. The van der Waals surface area contributed by atoms with Gasteiger partial charge in [-0.05, 0) is 25.0 Å². The Labute approximate surface area is 139 Å². The first-order chi connectivity index (χ1) is 11.7. The Bertz CT molecular complexity index is 836. The number of aromatic amines is 1. The summed E-state index contributed by atoms with van der Waals surface area (Å²) in [5.41, 5.74) is 1.93. The predicted octanol–water partition coefficient (Wildman–Crippen LogP) is 2.55. The van der Waals surface area contributed by atoms with Crippen molar-refractivity contribution in [2.45, 2.75) is 38.6 Å². The van der Waals surface area contributed by atoms with Gasteiger partial charge in [0.2, 0.25) is 11.8 Å². The zero-order valence-corrected chi connectivity index (χ0v) is 13.5. The quantitative estimate of drug-likeness (QED) is 0.796. The number of aromatic nitrogens is 4. The lowest BCUT2D eigenvalue weighted by atomic mass is 10.2. The molecule has 0 unspecified atom stereocenters. The highest BCUT2D eigenvalue weighted by Gasteiger charge is 2.32. The molecule has 0 radical (unpaired) electrons. The van der Waals surface area contributed by atoms with E-state index < -0.39 is 0 Å². The first-order valence-corrected chi connectivity index (χ1v) is 8.24. The Morgan fingerprint density at radius 2 is 2.25 bits per heavy atom. The molecule has 1 aliphatic heterocycles. The van der Waals surface area contributed by atoms with Gasteiger partial charge in [-0.1, -0.05) is 17.3 Å². The molecular formula is C17H19N5O2. The van der Waals surface area contributed by atoms with E-state index in [2.05, 4.69) is 20.1 Å². The minimum atomic E-state index is -0.0642. The molecule has 0 saturated carbocycles. The van der Waals surface area contributed by atoms with E-state index in [0.717, 1.165) is 36.2 Å². The minimum Gasteiger partial charge on any atom is -0.342 e. The lowest BCUT2D eigenvalue weighted by Crippen LogP contribution is -2.31. The second kappa shape index (κ2) is 6.07. The number of H-pyrrole nitrogens is 1. The molecule has 1 saturated heterocycles. The van der Waals surface area contributed by atoms with E-state index in [-0.39, 0.29) is 11.9 Å². The number of nitrogens with one attached hydrogen (secondary N) is 1. The summed E-state index contributed by atoms with van der Waals surface area (Å²) in [7, 11) is 0. The number of hydrogen-bond acceptors (Lipinski definition) is 5. The van der Waals surface area contributed by atoms with Crippen LogP contribution in [0.5, 0.6) is 0 Å². The first kappa shape index (κ1) is 14.9. The number of rotatable bonds is 4. The molecule has 3 heterocycles. The van der Waals surface area contributed by atoms with Crippen LogP contribution < -0.4 is 0 Å². The SMILES string of the molecule is Cc1nc([C@@H]2CCCN2C(=O)CCc2nc3ccccc3[nH]2)no1. The number of imidazole rings is 1. The molecule has 3 aromatic rings. The van der Waals surface area contributed by atoms with Crippen molar-refractivity contribution in [1.29, 1.82) is 0 Å². The molecule has 124 valence electrons. The summed E-state index contributed by atoms with van der Waals surface area (Å²) in [6.07, 6.45) is 2.87. The van der Waals surface area contributed by atoms with Crippen molar-refractivity contribution in [2.24, 2.45) is 0 Å². The van der Waals surface area contributed by atoms with Gasteiger partial charge in [0, 0.05) is 26.3 Å². The smallest absolute Gasteiger partial charge is 0.223 e. The third-order valence-corrected chi connectivity index (χ3v) is 4.43. The number of carbonyl (C=O) groups is 1. The summed E-state index contributed by atoms with van der Waals surface area (Å²) < 4.78 is 5.05. The number of fused-ring (bicyclic) bond motifs is 1. The number of carbonyl (C=O) groups excluding carboxylic acids is 1. The third kappa shape index (κ3) is 2.77. The fourth-order valence-electron chi connectivity index (χ4n) is 3.28. The maximum Gasteiger partial charge on any atom is 0.223 e. The van der Waals surface area contributed by atoms with Gasteiger partial charge in [-0.2, -0.15) is 4.98 Å². The summed E-state index contributed by atoms with van der Waals surface area (Å²) >= 11 is 0. The van der Waals surface area contributed by atoms with Gasteiger partial charge in [0.05, 0.1) is 17.1 Å². The molecule has 1 amide bonds. The average Bonchev–Trinajstić information content (AvgIpc) is 3.30. The van der Waals surface area contributed by atoms with E-state index in [4.69, 9.17) is 4.52 Å². The Balaban J connectivity index is 1.43. The number of aryl methyl sites for hydroxylation is 2. The second-order valence-corrected chi connectivity index (χ2v) is 6.12. The van der Waals surface area contributed by atoms with E-state index in [0.29, 0.717) is 24.6 Å². The molecule has 24 heavy (non-hydrogen) atoms. The minimum absolute atomic E-state index is 0.0642. The molecule has 1 atom stereocenters. The van der Waals surface area contributed by atoms with Crippen LogP contribution in [-0.2, 0) is 11.2 Å². The zero-order valence-electron chi connectivity index (χ0n) is 13.5. The van der Waals surface area contributed by atoms with Crippen LogP contribution in [0.1, 0.15) is 42.8 Å². The monoisotopic (exact) mass is 325 g/mol. The second-order valence-electron chi connectivity index (χ2n) is 6.12. The topological polar surface area (TPSA) is 87.9 Å². The summed E-state index contributed by atoms with van der Waals surface area (Å²) in [5.74, 6) is 2.10. The summed E-state index contributed by atoms with van der Waals surface area (Å²) in [6, 6.07) is 7.82. The van der Waals surface area contributed by atoms with Crippen LogP contribution in [0.3, 0.4) is 0 Å². The van der Waals surface area contributed by atoms with Crippen LogP contribution in [0.15, 0.2) is 28.8 Å². The Morgan fingerprint density at radius 1 is 1.38 bits per heavy atom. The van der Waals surface area contributed by atoms with Gasteiger partial charge in [0.1, 0.15) is 5.82 Å². The van der Waals surface area contributed by atoms with E-state index in [9.17, 15) is 4.79 Å². The average molecular weight is 325 g/mol. The van der Waals surface area contributed by atoms with E-state index in [1.54, 1.807) is 6.92 Å². The highest BCUT2D eigenvalue weighted by atomic mass is 16.5. The lowest BCUT2D eigenvalue weighted by molar-refractivity contribution is -0.132.